The van der Waals surface area contributed by atoms with Gasteiger partial charge in [-0.25, -0.2) is 13.1 Å². The van der Waals surface area contributed by atoms with Crippen molar-refractivity contribution in [2.45, 2.75) is 4.90 Å². The second-order valence-corrected chi connectivity index (χ2v) is 7.35. The van der Waals surface area contributed by atoms with Gasteiger partial charge in [-0.15, -0.1) is 10.2 Å². The molecule has 130 valence electrons. The molecule has 3 aromatic rings. The Bertz CT molecular complexity index is 1010. The monoisotopic (exact) mass is 398 g/mol. The minimum absolute atomic E-state index is 0.0224. The van der Waals surface area contributed by atoms with Crippen molar-refractivity contribution in [2.24, 2.45) is 0 Å². The summed E-state index contributed by atoms with van der Waals surface area (Å²) in [7, 11) is -2.63. The Morgan fingerprint density at radius 3 is 2.52 bits per heavy atom. The summed E-state index contributed by atoms with van der Waals surface area (Å²) < 4.78 is 34.2. The summed E-state index contributed by atoms with van der Waals surface area (Å²) in [6, 6.07) is 11.6. The van der Waals surface area contributed by atoms with Gasteiger partial charge in [0.2, 0.25) is 5.95 Å². The van der Waals surface area contributed by atoms with Crippen molar-refractivity contribution in [1.82, 2.24) is 14.8 Å². The van der Waals surface area contributed by atoms with Gasteiger partial charge in [-0.05, 0) is 18.2 Å². The van der Waals surface area contributed by atoms with E-state index in [9.17, 15) is 8.42 Å². The first-order valence-electron chi connectivity index (χ1n) is 6.93. The lowest BCUT2D eigenvalue weighted by atomic mass is 10.3. The fourth-order valence-electron chi connectivity index (χ4n) is 2.13. The van der Waals surface area contributed by atoms with Gasteiger partial charge in [-0.3, -0.25) is 4.57 Å². The number of sulfonamides is 1. The van der Waals surface area contributed by atoms with Gasteiger partial charge in [0.15, 0.2) is 0 Å². The molecule has 1 aromatic heterocycles. The molecule has 0 saturated carbocycles. The number of benzene rings is 2. The Morgan fingerprint density at radius 2 is 1.84 bits per heavy atom. The van der Waals surface area contributed by atoms with Gasteiger partial charge in [-0.1, -0.05) is 41.4 Å². The predicted octanol–water partition coefficient (Wildman–Crippen LogP) is 3.38. The van der Waals surface area contributed by atoms with E-state index in [1.54, 1.807) is 12.1 Å². The zero-order valence-corrected chi connectivity index (χ0v) is 15.2. The number of halogens is 2. The largest absolute Gasteiger partial charge is 0.495 e. The molecule has 0 spiro atoms. The van der Waals surface area contributed by atoms with Crippen LogP contribution >= 0.6 is 23.2 Å². The Morgan fingerprint density at radius 1 is 1.12 bits per heavy atom. The lowest BCUT2D eigenvalue weighted by molar-refractivity contribution is 0.414. The van der Waals surface area contributed by atoms with Crippen LogP contribution in [0.2, 0.25) is 10.0 Å². The lowest BCUT2D eigenvalue weighted by Gasteiger charge is -2.12. The highest BCUT2D eigenvalue weighted by molar-refractivity contribution is 7.92. The van der Waals surface area contributed by atoms with E-state index in [0.717, 1.165) is 0 Å². The molecule has 1 N–H and O–H groups in total. The van der Waals surface area contributed by atoms with Gasteiger partial charge in [0, 0.05) is 6.07 Å². The number of ether oxygens (including phenoxy) is 1. The van der Waals surface area contributed by atoms with Gasteiger partial charge < -0.3 is 4.74 Å². The van der Waals surface area contributed by atoms with Crippen molar-refractivity contribution in [3.63, 3.8) is 0 Å². The van der Waals surface area contributed by atoms with Crippen LogP contribution in [-0.2, 0) is 10.0 Å². The molecule has 0 fully saturated rings. The molecule has 0 unspecified atom stereocenters. The van der Waals surface area contributed by atoms with Crippen LogP contribution in [0.25, 0.3) is 5.69 Å². The number of methoxy groups -OCH3 is 1. The van der Waals surface area contributed by atoms with E-state index in [-0.39, 0.29) is 26.6 Å². The van der Waals surface area contributed by atoms with E-state index < -0.39 is 10.0 Å². The fourth-order valence-corrected chi connectivity index (χ4v) is 3.97. The number of nitrogens with one attached hydrogen (secondary N) is 1. The van der Waals surface area contributed by atoms with Crippen LogP contribution in [0.4, 0.5) is 5.95 Å². The molecular weight excluding hydrogens is 387 g/mol. The normalized spacial score (nSPS) is 11.3. The van der Waals surface area contributed by atoms with Crippen molar-refractivity contribution >= 4 is 39.2 Å². The average molecular weight is 399 g/mol. The molecule has 0 radical (unpaired) electrons. The number of aromatic nitrogens is 3. The van der Waals surface area contributed by atoms with Crippen molar-refractivity contribution in [2.75, 3.05) is 11.8 Å². The highest BCUT2D eigenvalue weighted by Gasteiger charge is 2.23. The molecule has 2 aromatic carbocycles. The zero-order valence-electron chi connectivity index (χ0n) is 12.8. The van der Waals surface area contributed by atoms with Crippen LogP contribution in [-0.4, -0.2) is 30.3 Å². The quantitative estimate of drug-likeness (QED) is 0.711. The van der Waals surface area contributed by atoms with Crippen LogP contribution in [0, 0.1) is 0 Å². The molecule has 0 saturated heterocycles. The third kappa shape index (κ3) is 3.55. The molecule has 10 heteroatoms. The molecule has 0 amide bonds. The second-order valence-electron chi connectivity index (χ2n) is 4.88. The molecule has 3 rings (SSSR count). The van der Waals surface area contributed by atoms with Crippen LogP contribution in [0.1, 0.15) is 0 Å². The van der Waals surface area contributed by atoms with E-state index in [1.165, 1.54) is 30.1 Å². The average Bonchev–Trinajstić information content (AvgIpc) is 3.04. The summed E-state index contributed by atoms with van der Waals surface area (Å²) in [5.41, 5.74) is 0.698. The maximum atomic E-state index is 12.7. The molecule has 1 heterocycles. The SMILES string of the molecule is COc1cc(Cl)c(S(=O)(=O)Nc2nncn2-c2ccccc2)cc1Cl. The molecule has 0 aliphatic heterocycles. The molecule has 0 bridgehead atoms. The summed E-state index contributed by atoms with van der Waals surface area (Å²) >= 11 is 12.1. The first-order chi connectivity index (χ1) is 11.9. The summed E-state index contributed by atoms with van der Waals surface area (Å²) in [5.74, 6) is 0.298. The molecule has 0 aliphatic rings. The van der Waals surface area contributed by atoms with E-state index >= 15 is 0 Å². The number of hydrogen-bond donors (Lipinski definition) is 1. The minimum atomic E-state index is -4.04. The molecule has 25 heavy (non-hydrogen) atoms. The smallest absolute Gasteiger partial charge is 0.265 e. The molecule has 0 atom stereocenters. The summed E-state index contributed by atoms with van der Waals surface area (Å²) in [6.07, 6.45) is 1.40. The first-order valence-corrected chi connectivity index (χ1v) is 9.17. The molecular formula is C15H12Cl2N4O3S. The lowest BCUT2D eigenvalue weighted by Crippen LogP contribution is -2.16. The maximum Gasteiger partial charge on any atom is 0.265 e. The van der Waals surface area contributed by atoms with Crippen LogP contribution in [0.3, 0.4) is 0 Å². The highest BCUT2D eigenvalue weighted by atomic mass is 35.5. The first kappa shape index (κ1) is 17.5. The zero-order chi connectivity index (χ0) is 18.0. The van der Waals surface area contributed by atoms with Crippen molar-refractivity contribution in [3.05, 3.63) is 58.8 Å². The van der Waals surface area contributed by atoms with Gasteiger partial charge in [0.1, 0.15) is 17.0 Å². The Hall–Kier alpha value is -2.29. The van der Waals surface area contributed by atoms with Gasteiger partial charge >= 0.3 is 0 Å². The summed E-state index contributed by atoms with van der Waals surface area (Å²) in [5, 5.41) is 7.66. The topological polar surface area (TPSA) is 86.1 Å². The van der Waals surface area contributed by atoms with E-state index in [0.29, 0.717) is 5.69 Å². The third-order valence-electron chi connectivity index (χ3n) is 3.30. The van der Waals surface area contributed by atoms with Crippen LogP contribution in [0.15, 0.2) is 53.7 Å². The summed E-state index contributed by atoms with van der Waals surface area (Å²) in [4.78, 5) is -0.192. The maximum absolute atomic E-state index is 12.7. The fraction of sp³-hybridized carbons (Fsp3) is 0.0667. The van der Waals surface area contributed by atoms with Gasteiger partial charge in [-0.2, -0.15) is 0 Å². The number of rotatable bonds is 5. The Kier molecular flexibility index (Phi) is 4.85. The second kappa shape index (κ2) is 6.91. The van der Waals surface area contributed by atoms with Gasteiger partial charge in [0.05, 0.1) is 22.8 Å². The third-order valence-corrected chi connectivity index (χ3v) is 5.39. The summed E-state index contributed by atoms with van der Waals surface area (Å²) in [6.45, 7) is 0. The van der Waals surface area contributed by atoms with Crippen molar-refractivity contribution in [3.8, 4) is 11.4 Å². The Labute approximate surface area is 154 Å². The molecule has 0 aliphatic carbocycles. The predicted molar refractivity (Wildman–Crippen MR) is 95.2 cm³/mol. The van der Waals surface area contributed by atoms with Crippen LogP contribution < -0.4 is 9.46 Å². The number of nitrogens with zero attached hydrogens (tertiary/aromatic N) is 3. The van der Waals surface area contributed by atoms with Crippen molar-refractivity contribution in [1.29, 1.82) is 0 Å². The van der Waals surface area contributed by atoms with Gasteiger partial charge in [0.25, 0.3) is 10.0 Å². The highest BCUT2D eigenvalue weighted by Crippen LogP contribution is 2.34. The Balaban J connectivity index is 1.99. The number of para-hydroxylation sites is 1. The van der Waals surface area contributed by atoms with E-state index in [2.05, 4.69) is 14.9 Å². The minimum Gasteiger partial charge on any atom is -0.495 e. The number of hydrogen-bond acceptors (Lipinski definition) is 5. The van der Waals surface area contributed by atoms with E-state index in [1.807, 2.05) is 18.2 Å². The standard InChI is InChI=1S/C15H12Cl2N4O3S/c1-24-13-7-12(17)14(8-11(13)16)25(22,23)20-15-19-18-9-21(15)10-5-3-2-4-6-10/h2-9H,1H3,(H,19,20). The molecule has 7 nitrogen and oxygen atoms in total. The van der Waals surface area contributed by atoms with Crippen LogP contribution in [0.5, 0.6) is 5.75 Å². The van der Waals surface area contributed by atoms with Crippen molar-refractivity contribution < 1.29 is 13.2 Å². The van der Waals surface area contributed by atoms with E-state index in [4.69, 9.17) is 27.9 Å². The number of anilines is 1.